The van der Waals surface area contributed by atoms with Crippen LogP contribution in [0.2, 0.25) is 0 Å². The van der Waals surface area contributed by atoms with Crippen LogP contribution >= 0.6 is 0 Å². The van der Waals surface area contributed by atoms with Gasteiger partial charge < -0.3 is 4.52 Å². The average molecular weight is 194 g/mol. The highest BCUT2D eigenvalue weighted by Crippen LogP contribution is 2.08. The molecule has 2 N–H and O–H groups in total. The number of nitrogens with one attached hydrogen (secondary N) is 1. The Kier molecular flexibility index (Phi) is 2.31. The molecule has 0 aliphatic heterocycles. The number of rotatable bonds is 3. The predicted octanol–water partition coefficient (Wildman–Crippen LogP) is 0.129. The van der Waals surface area contributed by atoms with E-state index in [1.807, 2.05) is 0 Å². The summed E-state index contributed by atoms with van der Waals surface area (Å²) in [4.78, 5) is 0. The predicted molar refractivity (Wildman–Crippen MR) is 37.5 cm³/mol. The van der Waals surface area contributed by atoms with Crippen molar-refractivity contribution in [3.63, 3.8) is 0 Å². The van der Waals surface area contributed by atoms with Crippen LogP contribution in [0, 0.1) is 6.92 Å². The first-order valence-corrected chi connectivity index (χ1v) is 4.23. The molecule has 0 aliphatic rings. The average Bonchev–Trinajstić information content (AvgIpc) is 2.35. The lowest BCUT2D eigenvalue weighted by molar-refractivity contribution is -0.129. The molecule has 0 aromatic carbocycles. The number of aryl methyl sites for hydroxylation is 1. The van der Waals surface area contributed by atoms with Crippen molar-refractivity contribution in [3.8, 4) is 0 Å². The van der Waals surface area contributed by atoms with Gasteiger partial charge in [-0.2, -0.15) is 8.42 Å². The Bertz CT molecular complexity index is 355. The van der Waals surface area contributed by atoms with Gasteiger partial charge in [0.1, 0.15) is 5.76 Å². The van der Waals surface area contributed by atoms with Crippen LogP contribution in [0.1, 0.15) is 5.76 Å². The van der Waals surface area contributed by atoms with E-state index in [0.717, 1.165) is 0 Å². The van der Waals surface area contributed by atoms with Crippen molar-refractivity contribution in [1.29, 1.82) is 0 Å². The molecule has 0 saturated carbocycles. The highest BCUT2D eigenvalue weighted by Gasteiger charge is 2.12. The second kappa shape index (κ2) is 3.09. The van der Waals surface area contributed by atoms with Crippen molar-refractivity contribution in [2.45, 2.75) is 6.92 Å². The summed E-state index contributed by atoms with van der Waals surface area (Å²) in [6.45, 7) is 1.59. The normalized spacial score (nSPS) is 11.5. The molecule has 68 valence electrons. The fourth-order valence-electron chi connectivity index (χ4n) is 0.561. The lowest BCUT2D eigenvalue weighted by atomic mass is 10.5. The third kappa shape index (κ3) is 2.19. The minimum Gasteiger partial charge on any atom is -0.360 e. The second-order valence-corrected chi connectivity index (χ2v) is 3.21. The second-order valence-electron chi connectivity index (χ2n) is 1.95. The first kappa shape index (κ1) is 8.97. The monoisotopic (exact) mass is 194 g/mol. The molecule has 0 fully saturated rings. The minimum absolute atomic E-state index is 0.0541. The van der Waals surface area contributed by atoms with Gasteiger partial charge in [-0.15, -0.1) is 0 Å². The van der Waals surface area contributed by atoms with Crippen LogP contribution < -0.4 is 4.72 Å². The van der Waals surface area contributed by atoms with E-state index < -0.39 is 10.3 Å². The molecule has 1 heterocycles. The Hall–Kier alpha value is -1.12. The van der Waals surface area contributed by atoms with Crippen molar-refractivity contribution in [3.05, 3.63) is 11.8 Å². The summed E-state index contributed by atoms with van der Waals surface area (Å²) in [6, 6.07) is 1.33. The molecule has 1 rings (SSSR count). The molecule has 7 nitrogen and oxygen atoms in total. The van der Waals surface area contributed by atoms with Gasteiger partial charge in [0.05, 0.1) is 0 Å². The quantitative estimate of drug-likeness (QED) is 0.523. The molecule has 1 aromatic rings. The van der Waals surface area contributed by atoms with E-state index in [9.17, 15) is 8.42 Å². The summed E-state index contributed by atoms with van der Waals surface area (Å²) in [7, 11) is -4.18. The van der Waals surface area contributed by atoms with Crippen LogP contribution in [0.15, 0.2) is 10.6 Å². The first-order valence-electron chi connectivity index (χ1n) is 2.82. The van der Waals surface area contributed by atoms with Gasteiger partial charge in [0.25, 0.3) is 0 Å². The van der Waals surface area contributed by atoms with E-state index >= 15 is 0 Å². The van der Waals surface area contributed by atoms with Crippen molar-refractivity contribution < 1.29 is 22.5 Å². The smallest absolute Gasteiger partial charge is 0.360 e. The summed E-state index contributed by atoms with van der Waals surface area (Å²) < 4.78 is 30.5. The van der Waals surface area contributed by atoms with Crippen LogP contribution in [0.3, 0.4) is 0 Å². The highest BCUT2D eigenvalue weighted by molar-refractivity contribution is 7.87. The molecule has 0 atom stereocenters. The molecule has 0 bridgehead atoms. The van der Waals surface area contributed by atoms with Crippen molar-refractivity contribution in [2.75, 3.05) is 4.72 Å². The fourth-order valence-corrected chi connectivity index (χ4v) is 0.951. The number of hydrogen-bond acceptors (Lipinski definition) is 6. The molecule has 0 amide bonds. The van der Waals surface area contributed by atoms with Gasteiger partial charge in [-0.05, 0) is 6.92 Å². The zero-order valence-corrected chi connectivity index (χ0v) is 6.83. The lowest BCUT2D eigenvalue weighted by Crippen LogP contribution is -2.14. The van der Waals surface area contributed by atoms with Gasteiger partial charge in [-0.1, -0.05) is 9.49 Å². The van der Waals surface area contributed by atoms with Crippen LogP contribution in [0.5, 0.6) is 0 Å². The van der Waals surface area contributed by atoms with Gasteiger partial charge in [0.15, 0.2) is 5.82 Å². The maximum absolute atomic E-state index is 10.5. The maximum atomic E-state index is 10.5. The number of anilines is 1. The standard InChI is InChI=1S/C4H6N2O5S/c1-3-2-4(5-10-3)6-12(8,9)11-7/h2,7H,1H3,(H,5,6). The summed E-state index contributed by atoms with van der Waals surface area (Å²) >= 11 is 0. The molecule has 0 unspecified atom stereocenters. The number of hydrogen-bond donors (Lipinski definition) is 2. The molecule has 12 heavy (non-hydrogen) atoms. The van der Waals surface area contributed by atoms with Gasteiger partial charge >= 0.3 is 10.3 Å². The minimum atomic E-state index is -4.18. The molecular formula is C4H6N2O5S. The zero-order valence-electron chi connectivity index (χ0n) is 6.01. The SMILES string of the molecule is Cc1cc(NS(=O)(=O)OO)no1. The third-order valence-electron chi connectivity index (χ3n) is 0.956. The first-order chi connectivity index (χ1) is 5.53. The molecule has 0 radical (unpaired) electrons. The van der Waals surface area contributed by atoms with Gasteiger partial charge in [0.2, 0.25) is 0 Å². The fraction of sp³-hybridized carbons (Fsp3) is 0.250. The largest absolute Gasteiger partial charge is 0.387 e. The molecule has 0 spiro atoms. The van der Waals surface area contributed by atoms with Crippen molar-refractivity contribution in [1.82, 2.24) is 5.16 Å². The van der Waals surface area contributed by atoms with E-state index in [2.05, 4.69) is 14.0 Å². The third-order valence-corrected chi connectivity index (χ3v) is 1.61. The summed E-state index contributed by atoms with van der Waals surface area (Å²) in [5.41, 5.74) is 0. The Labute approximate surface area is 68.1 Å². The Balaban J connectivity index is 2.77. The molecule has 8 heteroatoms. The number of aromatic nitrogens is 1. The van der Waals surface area contributed by atoms with Crippen LogP contribution in [-0.4, -0.2) is 18.8 Å². The number of nitrogens with zero attached hydrogens (tertiary/aromatic N) is 1. The summed E-state index contributed by atoms with van der Waals surface area (Å²) in [5.74, 6) is 0.382. The van der Waals surface area contributed by atoms with E-state index in [-0.39, 0.29) is 5.82 Å². The van der Waals surface area contributed by atoms with Crippen molar-refractivity contribution >= 4 is 16.1 Å². The summed E-state index contributed by atoms with van der Waals surface area (Å²) in [5, 5.41) is 11.1. The van der Waals surface area contributed by atoms with E-state index in [1.165, 1.54) is 6.07 Å². The van der Waals surface area contributed by atoms with Gasteiger partial charge in [-0.3, -0.25) is 0 Å². The van der Waals surface area contributed by atoms with E-state index in [0.29, 0.717) is 5.76 Å². The Morgan fingerprint density at radius 1 is 1.75 bits per heavy atom. The molecule has 0 aliphatic carbocycles. The van der Waals surface area contributed by atoms with Crippen LogP contribution in [0.25, 0.3) is 0 Å². The van der Waals surface area contributed by atoms with E-state index in [4.69, 9.17) is 5.26 Å². The Morgan fingerprint density at radius 3 is 2.83 bits per heavy atom. The maximum Gasteiger partial charge on any atom is 0.387 e. The summed E-state index contributed by atoms with van der Waals surface area (Å²) in [6.07, 6.45) is 0. The topological polar surface area (TPSA) is 102 Å². The van der Waals surface area contributed by atoms with Crippen LogP contribution in [0.4, 0.5) is 5.82 Å². The molecule has 1 aromatic heterocycles. The van der Waals surface area contributed by atoms with E-state index in [1.54, 1.807) is 11.6 Å². The zero-order chi connectivity index (χ0) is 9.19. The highest BCUT2D eigenvalue weighted by atomic mass is 32.2. The van der Waals surface area contributed by atoms with Crippen molar-refractivity contribution in [2.24, 2.45) is 0 Å². The van der Waals surface area contributed by atoms with Gasteiger partial charge in [-0.25, -0.2) is 9.98 Å². The Morgan fingerprint density at radius 2 is 2.42 bits per heavy atom. The lowest BCUT2D eigenvalue weighted by Gasteiger charge is -1.96. The van der Waals surface area contributed by atoms with Crippen LogP contribution in [-0.2, 0) is 14.6 Å². The molecule has 0 saturated heterocycles. The molecular weight excluding hydrogens is 188 g/mol. The van der Waals surface area contributed by atoms with Gasteiger partial charge in [0, 0.05) is 6.07 Å².